The third-order valence-corrected chi connectivity index (χ3v) is 2.65. The van der Waals surface area contributed by atoms with Crippen LogP contribution >= 0.6 is 0 Å². The molecule has 6 heteroatoms. The Morgan fingerprint density at radius 3 is 2.89 bits per heavy atom. The van der Waals surface area contributed by atoms with Crippen molar-refractivity contribution < 1.29 is 28.8 Å². The molecule has 98 valence electrons. The zero-order valence-electron chi connectivity index (χ0n) is 10.1. The van der Waals surface area contributed by atoms with Crippen LogP contribution in [0.15, 0.2) is 12.1 Å². The zero-order valence-corrected chi connectivity index (χ0v) is 10.1. The molecule has 1 aliphatic rings. The Morgan fingerprint density at radius 1 is 1.44 bits per heavy atom. The normalized spacial score (nSPS) is 14.2. The molecular weight excluding hydrogens is 240 g/mol. The summed E-state index contributed by atoms with van der Waals surface area (Å²) in [5, 5.41) is 9.92. The Bertz CT molecular complexity index is 456. The lowest BCUT2D eigenvalue weighted by Gasteiger charge is -2.12. The molecule has 0 spiro atoms. The SMILES string of the molecule is COC(=O)CC(O)c1cc(OC)c2c(c1)OCO2. The van der Waals surface area contributed by atoms with Gasteiger partial charge in [-0.1, -0.05) is 0 Å². The third-order valence-electron chi connectivity index (χ3n) is 2.65. The van der Waals surface area contributed by atoms with Gasteiger partial charge >= 0.3 is 5.97 Å². The van der Waals surface area contributed by atoms with Crippen molar-refractivity contribution in [3.8, 4) is 17.2 Å². The number of rotatable bonds is 4. The van der Waals surface area contributed by atoms with E-state index in [4.69, 9.17) is 14.2 Å². The van der Waals surface area contributed by atoms with Gasteiger partial charge in [-0.15, -0.1) is 0 Å². The predicted molar refractivity (Wildman–Crippen MR) is 60.7 cm³/mol. The molecule has 0 bridgehead atoms. The van der Waals surface area contributed by atoms with Crippen molar-refractivity contribution in [1.82, 2.24) is 0 Å². The number of fused-ring (bicyclic) bond motifs is 1. The number of ether oxygens (including phenoxy) is 4. The van der Waals surface area contributed by atoms with Crippen LogP contribution in [0, 0.1) is 0 Å². The van der Waals surface area contributed by atoms with Gasteiger partial charge in [0.2, 0.25) is 12.5 Å². The summed E-state index contributed by atoms with van der Waals surface area (Å²) >= 11 is 0. The van der Waals surface area contributed by atoms with Crippen LogP contribution in [0.2, 0.25) is 0 Å². The number of methoxy groups -OCH3 is 2. The summed E-state index contributed by atoms with van der Waals surface area (Å²) in [6, 6.07) is 3.24. The monoisotopic (exact) mass is 254 g/mol. The minimum absolute atomic E-state index is 0.113. The van der Waals surface area contributed by atoms with Gasteiger partial charge in [0.15, 0.2) is 11.5 Å². The van der Waals surface area contributed by atoms with Crippen LogP contribution in [-0.4, -0.2) is 32.1 Å². The highest BCUT2D eigenvalue weighted by atomic mass is 16.7. The van der Waals surface area contributed by atoms with Gasteiger partial charge in [0, 0.05) is 0 Å². The van der Waals surface area contributed by atoms with Crippen LogP contribution in [-0.2, 0) is 9.53 Å². The van der Waals surface area contributed by atoms with Gasteiger partial charge in [-0.2, -0.15) is 0 Å². The van der Waals surface area contributed by atoms with Crippen LogP contribution in [0.3, 0.4) is 0 Å². The smallest absolute Gasteiger partial charge is 0.308 e. The predicted octanol–water partition coefficient (Wildman–Crippen LogP) is 1.02. The highest BCUT2D eigenvalue weighted by Gasteiger charge is 2.23. The maximum atomic E-state index is 11.1. The first-order valence-corrected chi connectivity index (χ1v) is 5.38. The maximum absolute atomic E-state index is 11.1. The molecule has 1 heterocycles. The number of benzene rings is 1. The second-order valence-electron chi connectivity index (χ2n) is 3.75. The molecule has 1 atom stereocenters. The third kappa shape index (κ3) is 2.33. The van der Waals surface area contributed by atoms with Crippen LogP contribution in [0.1, 0.15) is 18.1 Å². The van der Waals surface area contributed by atoms with Gasteiger partial charge < -0.3 is 24.1 Å². The molecule has 0 saturated carbocycles. The number of hydrogen-bond acceptors (Lipinski definition) is 6. The van der Waals surface area contributed by atoms with Crippen LogP contribution < -0.4 is 14.2 Å². The topological polar surface area (TPSA) is 74.2 Å². The highest BCUT2D eigenvalue weighted by Crippen LogP contribution is 2.43. The summed E-state index contributed by atoms with van der Waals surface area (Å²) in [6.07, 6.45) is -1.10. The summed E-state index contributed by atoms with van der Waals surface area (Å²) in [7, 11) is 2.77. The Morgan fingerprint density at radius 2 is 2.22 bits per heavy atom. The fourth-order valence-electron chi connectivity index (χ4n) is 1.70. The molecular formula is C12H14O6. The van der Waals surface area contributed by atoms with Crippen molar-refractivity contribution in [2.75, 3.05) is 21.0 Å². The van der Waals surface area contributed by atoms with Crippen molar-refractivity contribution in [2.24, 2.45) is 0 Å². The van der Waals surface area contributed by atoms with E-state index in [2.05, 4.69) is 4.74 Å². The molecule has 18 heavy (non-hydrogen) atoms. The summed E-state index contributed by atoms with van der Waals surface area (Å²) in [5.41, 5.74) is 0.515. The van der Waals surface area contributed by atoms with Gasteiger partial charge in [-0.05, 0) is 17.7 Å². The summed E-state index contributed by atoms with van der Waals surface area (Å²) in [6.45, 7) is 0.113. The van der Waals surface area contributed by atoms with Crippen molar-refractivity contribution in [3.05, 3.63) is 17.7 Å². The minimum Gasteiger partial charge on any atom is -0.493 e. The molecule has 1 aromatic carbocycles. The zero-order chi connectivity index (χ0) is 13.1. The van der Waals surface area contributed by atoms with E-state index in [0.29, 0.717) is 22.8 Å². The lowest BCUT2D eigenvalue weighted by atomic mass is 10.1. The first kappa shape index (κ1) is 12.5. The Labute approximate surface area is 104 Å². The van der Waals surface area contributed by atoms with Crippen molar-refractivity contribution >= 4 is 5.97 Å². The summed E-state index contributed by atoms with van der Waals surface area (Å²) in [4.78, 5) is 11.1. The fraction of sp³-hybridized carbons (Fsp3) is 0.417. The molecule has 0 amide bonds. The van der Waals surface area contributed by atoms with Crippen molar-refractivity contribution in [2.45, 2.75) is 12.5 Å². The first-order valence-electron chi connectivity index (χ1n) is 5.38. The summed E-state index contributed by atoms with van der Waals surface area (Å²) < 4.78 is 20.1. The molecule has 6 nitrogen and oxygen atoms in total. The van der Waals surface area contributed by atoms with E-state index >= 15 is 0 Å². The second-order valence-corrected chi connectivity index (χ2v) is 3.75. The van der Waals surface area contributed by atoms with Gasteiger partial charge in [-0.3, -0.25) is 4.79 Å². The average Bonchev–Trinajstić information content (AvgIpc) is 2.85. The average molecular weight is 254 g/mol. The van der Waals surface area contributed by atoms with E-state index in [0.717, 1.165) is 0 Å². The largest absolute Gasteiger partial charge is 0.493 e. The van der Waals surface area contributed by atoms with Crippen LogP contribution in [0.4, 0.5) is 0 Å². The fourth-order valence-corrected chi connectivity index (χ4v) is 1.70. The number of hydrogen-bond donors (Lipinski definition) is 1. The van der Waals surface area contributed by atoms with E-state index in [-0.39, 0.29) is 13.2 Å². The van der Waals surface area contributed by atoms with Crippen molar-refractivity contribution in [3.63, 3.8) is 0 Å². The second kappa shape index (κ2) is 5.14. The van der Waals surface area contributed by atoms with E-state index in [9.17, 15) is 9.90 Å². The highest BCUT2D eigenvalue weighted by molar-refractivity contribution is 5.70. The van der Waals surface area contributed by atoms with Crippen LogP contribution in [0.5, 0.6) is 17.2 Å². The Kier molecular flexibility index (Phi) is 3.57. The van der Waals surface area contributed by atoms with E-state index in [1.807, 2.05) is 0 Å². The van der Waals surface area contributed by atoms with Gasteiger partial charge in [0.25, 0.3) is 0 Å². The lowest BCUT2D eigenvalue weighted by Crippen LogP contribution is -2.08. The number of aliphatic hydroxyl groups excluding tert-OH is 1. The maximum Gasteiger partial charge on any atom is 0.308 e. The number of aliphatic hydroxyl groups is 1. The van der Waals surface area contributed by atoms with Gasteiger partial charge in [0.1, 0.15) is 0 Å². The molecule has 1 N–H and O–H groups in total. The van der Waals surface area contributed by atoms with Crippen LogP contribution in [0.25, 0.3) is 0 Å². The molecule has 0 fully saturated rings. The molecule has 1 aromatic rings. The molecule has 0 saturated heterocycles. The molecule has 2 rings (SSSR count). The van der Waals surface area contributed by atoms with E-state index in [1.165, 1.54) is 14.2 Å². The Balaban J connectivity index is 2.26. The number of esters is 1. The summed E-state index contributed by atoms with van der Waals surface area (Å²) in [5.74, 6) is 0.975. The Hall–Kier alpha value is -1.95. The quantitative estimate of drug-likeness (QED) is 0.809. The number of carbonyl (C=O) groups is 1. The van der Waals surface area contributed by atoms with E-state index in [1.54, 1.807) is 12.1 Å². The van der Waals surface area contributed by atoms with Crippen molar-refractivity contribution in [1.29, 1.82) is 0 Å². The van der Waals surface area contributed by atoms with E-state index < -0.39 is 12.1 Å². The molecule has 1 aliphatic heterocycles. The standard InChI is InChI=1S/C12H14O6/c1-15-9-3-7(8(13)5-11(14)16-2)4-10-12(9)18-6-17-10/h3-4,8,13H,5-6H2,1-2H3. The lowest BCUT2D eigenvalue weighted by molar-refractivity contribution is -0.142. The molecule has 1 unspecified atom stereocenters. The minimum atomic E-state index is -0.971. The first-order chi connectivity index (χ1) is 8.65. The molecule has 0 aromatic heterocycles. The molecule has 0 aliphatic carbocycles. The van der Waals surface area contributed by atoms with Gasteiger partial charge in [0.05, 0.1) is 26.7 Å². The number of carbonyl (C=O) groups excluding carboxylic acids is 1. The van der Waals surface area contributed by atoms with Gasteiger partial charge in [-0.25, -0.2) is 0 Å². The molecule has 0 radical (unpaired) electrons.